The number of hydrogen-bond acceptors (Lipinski definition) is 3. The lowest BCUT2D eigenvalue weighted by atomic mass is 9.98. The Bertz CT molecular complexity index is 256. The lowest BCUT2D eigenvalue weighted by Crippen LogP contribution is -2.46. The summed E-state index contributed by atoms with van der Waals surface area (Å²) in [5.74, 6) is 0.0338. The third-order valence-electron chi connectivity index (χ3n) is 3.09. The molecule has 2 unspecified atom stereocenters. The van der Waals surface area contributed by atoms with Gasteiger partial charge in [-0.05, 0) is 27.4 Å². The number of carbonyl (C=O) groups is 2. The number of nitrogens with one attached hydrogen (secondary N) is 2. The van der Waals surface area contributed by atoms with E-state index in [0.29, 0.717) is 32.0 Å². The van der Waals surface area contributed by atoms with E-state index < -0.39 is 0 Å². The van der Waals surface area contributed by atoms with E-state index in [9.17, 15) is 9.59 Å². The molecule has 1 aliphatic rings. The predicted octanol–water partition coefficient (Wildman–Crippen LogP) is -0.421. The van der Waals surface area contributed by atoms with Crippen molar-refractivity contribution in [2.24, 2.45) is 5.92 Å². The summed E-state index contributed by atoms with van der Waals surface area (Å²) < 4.78 is 0. The zero-order valence-corrected chi connectivity index (χ0v) is 10.2. The van der Waals surface area contributed by atoms with Crippen molar-refractivity contribution in [1.82, 2.24) is 15.5 Å². The highest BCUT2D eigenvalue weighted by atomic mass is 16.2. The number of likely N-dealkylation sites (N-methyl/N-ethyl adjacent to an activating group) is 1. The van der Waals surface area contributed by atoms with Crippen LogP contribution in [0.25, 0.3) is 0 Å². The van der Waals surface area contributed by atoms with E-state index in [2.05, 4.69) is 22.5 Å². The molecule has 5 heteroatoms. The Labute approximate surface area is 96.6 Å². The van der Waals surface area contributed by atoms with Gasteiger partial charge >= 0.3 is 0 Å². The Kier molecular flexibility index (Phi) is 4.73. The molecule has 0 radical (unpaired) electrons. The summed E-state index contributed by atoms with van der Waals surface area (Å²) >= 11 is 0. The minimum Gasteiger partial charge on any atom is -0.355 e. The topological polar surface area (TPSA) is 61.4 Å². The molecule has 0 aromatic heterocycles. The SMILES string of the molecule is CC(CNC(=O)C1CCC(=O)NC1)N(C)C. The molecule has 2 atom stereocenters. The van der Waals surface area contributed by atoms with Gasteiger partial charge < -0.3 is 15.5 Å². The standard InChI is InChI=1S/C11H21N3O2/c1-8(14(2)3)6-13-11(16)9-4-5-10(15)12-7-9/h8-9H,4-7H2,1-3H3,(H,12,15)(H,13,16). The van der Waals surface area contributed by atoms with Crippen LogP contribution < -0.4 is 10.6 Å². The van der Waals surface area contributed by atoms with E-state index in [1.165, 1.54) is 0 Å². The Morgan fingerprint density at radius 1 is 1.62 bits per heavy atom. The van der Waals surface area contributed by atoms with Crippen molar-refractivity contribution >= 4 is 11.8 Å². The van der Waals surface area contributed by atoms with Crippen LogP contribution in [0.5, 0.6) is 0 Å². The molecule has 1 heterocycles. The first-order valence-electron chi connectivity index (χ1n) is 5.71. The smallest absolute Gasteiger partial charge is 0.224 e. The summed E-state index contributed by atoms with van der Waals surface area (Å²) in [6.07, 6.45) is 1.12. The molecule has 1 fully saturated rings. The summed E-state index contributed by atoms with van der Waals surface area (Å²) in [5, 5.41) is 5.63. The summed E-state index contributed by atoms with van der Waals surface area (Å²) in [6.45, 7) is 3.18. The molecule has 0 bridgehead atoms. The number of nitrogens with zero attached hydrogens (tertiary/aromatic N) is 1. The number of carbonyl (C=O) groups excluding carboxylic acids is 2. The molecule has 1 aliphatic heterocycles. The van der Waals surface area contributed by atoms with Crippen molar-refractivity contribution in [3.63, 3.8) is 0 Å². The molecule has 1 rings (SSSR count). The molecule has 1 saturated heterocycles. The molecule has 0 saturated carbocycles. The first kappa shape index (κ1) is 13.0. The summed E-state index contributed by atoms with van der Waals surface area (Å²) in [6, 6.07) is 0.321. The van der Waals surface area contributed by atoms with Crippen molar-refractivity contribution in [1.29, 1.82) is 0 Å². The van der Waals surface area contributed by atoms with Crippen molar-refractivity contribution in [2.75, 3.05) is 27.2 Å². The quantitative estimate of drug-likeness (QED) is 0.685. The molecule has 92 valence electrons. The van der Waals surface area contributed by atoms with Crippen LogP contribution in [0.2, 0.25) is 0 Å². The molecule has 0 aromatic carbocycles. The minimum atomic E-state index is -0.0629. The Morgan fingerprint density at radius 2 is 2.31 bits per heavy atom. The largest absolute Gasteiger partial charge is 0.355 e. The third-order valence-corrected chi connectivity index (χ3v) is 3.09. The number of rotatable bonds is 4. The summed E-state index contributed by atoms with van der Waals surface area (Å²) in [5.41, 5.74) is 0. The second kappa shape index (κ2) is 5.84. The van der Waals surface area contributed by atoms with Crippen LogP contribution >= 0.6 is 0 Å². The van der Waals surface area contributed by atoms with Gasteiger partial charge in [0.05, 0.1) is 5.92 Å². The van der Waals surface area contributed by atoms with Crippen LogP contribution in [0.1, 0.15) is 19.8 Å². The molecule has 16 heavy (non-hydrogen) atoms. The van der Waals surface area contributed by atoms with Gasteiger partial charge in [-0.3, -0.25) is 9.59 Å². The third kappa shape index (κ3) is 3.81. The van der Waals surface area contributed by atoms with Gasteiger partial charge in [0.15, 0.2) is 0 Å². The maximum Gasteiger partial charge on any atom is 0.224 e. The van der Waals surface area contributed by atoms with Crippen molar-refractivity contribution in [2.45, 2.75) is 25.8 Å². The highest BCUT2D eigenvalue weighted by Gasteiger charge is 2.24. The van der Waals surface area contributed by atoms with Crippen molar-refractivity contribution in [3.8, 4) is 0 Å². The Balaban J connectivity index is 2.27. The van der Waals surface area contributed by atoms with Gasteiger partial charge in [-0.1, -0.05) is 0 Å². The van der Waals surface area contributed by atoms with Gasteiger partial charge in [0.1, 0.15) is 0 Å². The van der Waals surface area contributed by atoms with Crippen LogP contribution in [0.3, 0.4) is 0 Å². The highest BCUT2D eigenvalue weighted by molar-refractivity contribution is 5.83. The van der Waals surface area contributed by atoms with E-state index in [1.807, 2.05) is 14.1 Å². The van der Waals surface area contributed by atoms with E-state index in [1.54, 1.807) is 0 Å². The van der Waals surface area contributed by atoms with E-state index in [0.717, 1.165) is 0 Å². The van der Waals surface area contributed by atoms with Crippen molar-refractivity contribution < 1.29 is 9.59 Å². The lowest BCUT2D eigenvalue weighted by Gasteiger charge is -2.24. The van der Waals surface area contributed by atoms with Gasteiger partial charge in [-0.25, -0.2) is 0 Å². The van der Waals surface area contributed by atoms with Gasteiger partial charge in [-0.15, -0.1) is 0 Å². The maximum absolute atomic E-state index is 11.8. The van der Waals surface area contributed by atoms with Crippen LogP contribution in [0, 0.1) is 5.92 Å². The first-order valence-corrected chi connectivity index (χ1v) is 5.71. The highest BCUT2D eigenvalue weighted by Crippen LogP contribution is 2.10. The Hall–Kier alpha value is -1.10. The maximum atomic E-state index is 11.8. The van der Waals surface area contributed by atoms with Crippen LogP contribution in [0.15, 0.2) is 0 Å². The average Bonchev–Trinajstić information content (AvgIpc) is 2.26. The fourth-order valence-corrected chi connectivity index (χ4v) is 1.53. The predicted molar refractivity (Wildman–Crippen MR) is 61.9 cm³/mol. The van der Waals surface area contributed by atoms with Crippen LogP contribution in [-0.4, -0.2) is 49.9 Å². The van der Waals surface area contributed by atoms with E-state index in [4.69, 9.17) is 0 Å². The molecule has 2 N–H and O–H groups in total. The van der Waals surface area contributed by atoms with E-state index >= 15 is 0 Å². The lowest BCUT2D eigenvalue weighted by molar-refractivity contribution is -0.129. The van der Waals surface area contributed by atoms with Gasteiger partial charge in [0.2, 0.25) is 11.8 Å². The fourth-order valence-electron chi connectivity index (χ4n) is 1.53. The van der Waals surface area contributed by atoms with Crippen LogP contribution in [0.4, 0.5) is 0 Å². The molecule has 0 spiro atoms. The zero-order valence-electron chi connectivity index (χ0n) is 10.2. The molecular weight excluding hydrogens is 206 g/mol. The molecular formula is C11H21N3O2. The van der Waals surface area contributed by atoms with E-state index in [-0.39, 0.29) is 17.7 Å². The average molecular weight is 227 g/mol. The number of amides is 2. The normalized spacial score (nSPS) is 22.8. The number of hydrogen-bond donors (Lipinski definition) is 2. The van der Waals surface area contributed by atoms with Gasteiger partial charge in [0, 0.05) is 25.6 Å². The Morgan fingerprint density at radius 3 is 2.81 bits per heavy atom. The second-order valence-electron chi connectivity index (χ2n) is 4.60. The second-order valence-corrected chi connectivity index (χ2v) is 4.60. The van der Waals surface area contributed by atoms with Gasteiger partial charge in [-0.2, -0.15) is 0 Å². The van der Waals surface area contributed by atoms with Crippen LogP contribution in [-0.2, 0) is 9.59 Å². The fraction of sp³-hybridized carbons (Fsp3) is 0.818. The summed E-state index contributed by atoms with van der Waals surface area (Å²) in [4.78, 5) is 24.7. The monoisotopic (exact) mass is 227 g/mol. The molecule has 5 nitrogen and oxygen atoms in total. The zero-order chi connectivity index (χ0) is 12.1. The molecule has 0 aliphatic carbocycles. The van der Waals surface area contributed by atoms with Gasteiger partial charge in [0.25, 0.3) is 0 Å². The summed E-state index contributed by atoms with van der Waals surface area (Å²) in [7, 11) is 3.97. The molecule has 0 aromatic rings. The number of piperidine rings is 1. The first-order chi connectivity index (χ1) is 7.50. The molecule has 2 amide bonds. The van der Waals surface area contributed by atoms with Crippen molar-refractivity contribution in [3.05, 3.63) is 0 Å². The minimum absolute atomic E-state index is 0.0470.